The van der Waals surface area contributed by atoms with Gasteiger partial charge in [-0.2, -0.15) is 0 Å². The number of fused-ring (bicyclic) bond motifs is 10. The van der Waals surface area contributed by atoms with E-state index < -0.39 is 0 Å². The summed E-state index contributed by atoms with van der Waals surface area (Å²) in [5.74, 6) is 0. The fraction of sp³-hybridized carbons (Fsp3) is 0.323. The third kappa shape index (κ3) is 5.01. The smallest absolute Gasteiger partial charge is 0.252 e. The fourth-order valence-electron chi connectivity index (χ4n) is 15.2. The third-order valence-electron chi connectivity index (χ3n) is 18.0. The Morgan fingerprint density at radius 3 is 1.76 bits per heavy atom. The van der Waals surface area contributed by atoms with Gasteiger partial charge in [0.15, 0.2) is 0 Å². The van der Waals surface area contributed by atoms with E-state index in [1.807, 2.05) is 0 Å². The van der Waals surface area contributed by atoms with E-state index in [9.17, 15) is 0 Å². The molecule has 2 saturated carbocycles. The van der Waals surface area contributed by atoms with Crippen molar-refractivity contribution in [2.24, 2.45) is 0 Å². The van der Waals surface area contributed by atoms with Gasteiger partial charge in [0.05, 0.1) is 11.1 Å². The van der Waals surface area contributed by atoms with Crippen molar-refractivity contribution in [3.63, 3.8) is 0 Å². The minimum atomic E-state index is -0.204. The molecule has 6 aliphatic rings. The zero-order valence-electron chi connectivity index (χ0n) is 40.0. The average Bonchev–Trinajstić information content (AvgIpc) is 3.71. The second kappa shape index (κ2) is 13.8. The molecular weight excluding hydrogens is 798 g/mol. The topological polar surface area (TPSA) is 9.72 Å². The van der Waals surface area contributed by atoms with Crippen LogP contribution in [-0.2, 0) is 16.2 Å². The van der Waals surface area contributed by atoms with Gasteiger partial charge in [-0.05, 0) is 151 Å². The highest BCUT2D eigenvalue weighted by Crippen LogP contribution is 2.67. The van der Waals surface area contributed by atoms with E-state index in [2.05, 4.69) is 215 Å². The number of hydrogen-bond donors (Lipinski definition) is 0. The molecule has 0 bridgehead atoms. The second-order valence-corrected chi connectivity index (χ2v) is 22.5. The van der Waals surface area contributed by atoms with E-state index in [0.29, 0.717) is 0 Å². The molecule has 4 heterocycles. The summed E-state index contributed by atoms with van der Waals surface area (Å²) < 4.78 is 0. The molecule has 328 valence electrons. The van der Waals surface area contributed by atoms with Gasteiger partial charge in [-0.25, -0.2) is 0 Å². The maximum atomic E-state index is 2.96. The highest BCUT2D eigenvalue weighted by Gasteiger charge is 2.65. The molecule has 2 aliphatic carbocycles. The van der Waals surface area contributed by atoms with Crippen LogP contribution >= 0.6 is 0 Å². The van der Waals surface area contributed by atoms with E-state index in [1.54, 1.807) is 5.56 Å². The molecule has 4 aliphatic heterocycles. The van der Waals surface area contributed by atoms with Gasteiger partial charge in [0, 0.05) is 50.6 Å². The summed E-state index contributed by atoms with van der Waals surface area (Å²) in [5, 5.41) is 0. The van der Waals surface area contributed by atoms with Gasteiger partial charge in [-0.1, -0.05) is 162 Å². The summed E-state index contributed by atoms with van der Waals surface area (Å²) in [4.78, 5) is 8.47. The van der Waals surface area contributed by atoms with Gasteiger partial charge in [-0.15, -0.1) is 0 Å². The van der Waals surface area contributed by atoms with Crippen LogP contribution in [0.3, 0.4) is 0 Å². The van der Waals surface area contributed by atoms with Crippen molar-refractivity contribution in [1.29, 1.82) is 0 Å². The monoisotopic (exact) mass is 860 g/mol. The summed E-state index contributed by atoms with van der Waals surface area (Å²) in [6.45, 7) is 17.1. The van der Waals surface area contributed by atoms with E-state index in [4.69, 9.17) is 0 Å². The lowest BCUT2D eigenvalue weighted by Gasteiger charge is -2.55. The third-order valence-corrected chi connectivity index (χ3v) is 18.0. The number of para-hydroxylation sites is 1. The van der Waals surface area contributed by atoms with Crippen LogP contribution in [-0.4, -0.2) is 17.8 Å². The van der Waals surface area contributed by atoms with Crippen LogP contribution in [0.1, 0.15) is 125 Å². The predicted molar refractivity (Wildman–Crippen MR) is 279 cm³/mol. The molecule has 0 saturated heterocycles. The average molecular weight is 860 g/mol. The molecule has 13 rings (SSSR count). The minimum absolute atomic E-state index is 0.0307. The van der Waals surface area contributed by atoms with Crippen molar-refractivity contribution in [2.45, 2.75) is 127 Å². The Kier molecular flexibility index (Phi) is 8.42. The zero-order valence-corrected chi connectivity index (χ0v) is 40.0. The molecule has 4 unspecified atom stereocenters. The van der Waals surface area contributed by atoms with Gasteiger partial charge < -0.3 is 14.7 Å². The minimum Gasteiger partial charge on any atom is -0.335 e. The molecule has 0 aromatic heterocycles. The summed E-state index contributed by atoms with van der Waals surface area (Å²) >= 11 is 0. The van der Waals surface area contributed by atoms with Crippen LogP contribution in [0.15, 0.2) is 152 Å². The number of benzene rings is 7. The molecule has 7 aromatic rings. The Morgan fingerprint density at radius 1 is 0.470 bits per heavy atom. The SMILES string of the molecule is Cc1cccc(N2c3cc(C)ccc3B3c4cc(C(C)(C)C)cc5c4N(c4cc(N6c7ccccc7C7(c8ccccc8)CCCCC67C)cc2c43)C2(C)CCCCC52c2ccccc2)c1. The van der Waals surface area contributed by atoms with Crippen LogP contribution in [0.2, 0.25) is 0 Å². The summed E-state index contributed by atoms with van der Waals surface area (Å²) in [7, 11) is 0. The van der Waals surface area contributed by atoms with Crippen LogP contribution < -0.4 is 31.1 Å². The molecular formula is C62H62BN3. The van der Waals surface area contributed by atoms with Crippen molar-refractivity contribution in [3.05, 3.63) is 191 Å². The maximum absolute atomic E-state index is 2.96. The first-order valence-corrected chi connectivity index (χ1v) is 25.1. The summed E-state index contributed by atoms with van der Waals surface area (Å²) in [5.41, 5.74) is 22.9. The van der Waals surface area contributed by atoms with Gasteiger partial charge in [-0.3, -0.25) is 0 Å². The molecule has 7 aromatic carbocycles. The Labute approximate surface area is 393 Å². The molecule has 2 fully saturated rings. The molecule has 4 atom stereocenters. The molecule has 3 nitrogen and oxygen atoms in total. The lowest BCUT2D eigenvalue weighted by Crippen LogP contribution is -2.65. The van der Waals surface area contributed by atoms with E-state index in [0.717, 1.165) is 25.7 Å². The van der Waals surface area contributed by atoms with Gasteiger partial charge in [0.25, 0.3) is 6.71 Å². The lowest BCUT2D eigenvalue weighted by molar-refractivity contribution is 0.214. The Hall–Kier alpha value is -6.00. The van der Waals surface area contributed by atoms with Crippen molar-refractivity contribution < 1.29 is 0 Å². The van der Waals surface area contributed by atoms with E-state index >= 15 is 0 Å². The normalized spacial score (nSPS) is 25.4. The van der Waals surface area contributed by atoms with Crippen LogP contribution in [0.4, 0.5) is 39.8 Å². The van der Waals surface area contributed by atoms with Gasteiger partial charge in [0.1, 0.15) is 0 Å². The Morgan fingerprint density at radius 2 is 1.08 bits per heavy atom. The van der Waals surface area contributed by atoms with Crippen molar-refractivity contribution in [3.8, 4) is 0 Å². The summed E-state index contributed by atoms with van der Waals surface area (Å²) in [6, 6.07) is 60.0. The first kappa shape index (κ1) is 40.3. The molecule has 0 spiro atoms. The van der Waals surface area contributed by atoms with Crippen molar-refractivity contribution in [2.75, 3.05) is 14.7 Å². The number of rotatable bonds is 4. The lowest BCUT2D eigenvalue weighted by atomic mass is 9.33. The van der Waals surface area contributed by atoms with Crippen LogP contribution in [0, 0.1) is 13.8 Å². The molecule has 4 heteroatoms. The molecule has 66 heavy (non-hydrogen) atoms. The number of nitrogens with zero attached hydrogens (tertiary/aromatic N) is 3. The van der Waals surface area contributed by atoms with Gasteiger partial charge >= 0.3 is 0 Å². The predicted octanol–water partition coefficient (Wildman–Crippen LogP) is 13.8. The highest BCUT2D eigenvalue weighted by molar-refractivity contribution is 7.00. The fourth-order valence-corrected chi connectivity index (χ4v) is 15.2. The Bertz CT molecular complexity index is 3130. The first-order chi connectivity index (χ1) is 31.9. The van der Waals surface area contributed by atoms with Crippen molar-refractivity contribution in [1.82, 2.24) is 0 Å². The van der Waals surface area contributed by atoms with Crippen LogP contribution in [0.5, 0.6) is 0 Å². The molecule has 0 amide bonds. The van der Waals surface area contributed by atoms with Crippen LogP contribution in [0.25, 0.3) is 0 Å². The number of hydrogen-bond acceptors (Lipinski definition) is 3. The largest absolute Gasteiger partial charge is 0.335 e. The Balaban J connectivity index is 1.18. The molecule has 0 radical (unpaired) electrons. The van der Waals surface area contributed by atoms with Crippen molar-refractivity contribution >= 4 is 62.9 Å². The second-order valence-electron chi connectivity index (χ2n) is 22.5. The highest BCUT2D eigenvalue weighted by atomic mass is 15.3. The van der Waals surface area contributed by atoms with E-state index in [1.165, 1.54) is 115 Å². The zero-order chi connectivity index (χ0) is 45.0. The quantitative estimate of drug-likeness (QED) is 0.163. The van der Waals surface area contributed by atoms with Gasteiger partial charge in [0.2, 0.25) is 0 Å². The first-order valence-electron chi connectivity index (χ1n) is 25.1. The maximum Gasteiger partial charge on any atom is 0.252 e. The standard InChI is InChI=1S/C62H62BN3/c1-41-21-20-26-46(35-41)64-53-36-42(2)29-30-50(53)63-51-38-45(58(3,4)5)37-49-57(51)66(60(7)32-17-19-34-62(49,60)44-24-12-9-13-25-44)55-40-47(39-54(64)56(55)63)65-52-28-15-14-27-48(52)61(43-22-10-8-11-23-43)33-18-16-31-59(61,65)6/h8-15,20-30,35-40H,16-19,31-34H2,1-7H3. The molecule has 0 N–H and O–H groups in total. The summed E-state index contributed by atoms with van der Waals surface area (Å²) in [6.07, 6.45) is 9.41. The van der Waals surface area contributed by atoms with E-state index in [-0.39, 0.29) is 34.0 Å². The number of anilines is 7. The number of aryl methyl sites for hydroxylation is 2.